The summed E-state index contributed by atoms with van der Waals surface area (Å²) in [5.41, 5.74) is 3.97. The lowest BCUT2D eigenvalue weighted by Gasteiger charge is -2.43. The summed E-state index contributed by atoms with van der Waals surface area (Å²) in [5.74, 6) is 0.928. The first kappa shape index (κ1) is 21.2. The second-order valence-corrected chi connectivity index (χ2v) is 9.97. The Hall–Kier alpha value is -3.35. The van der Waals surface area contributed by atoms with Gasteiger partial charge in [0.2, 0.25) is 0 Å². The number of aromatic nitrogens is 1. The molecule has 3 aromatic rings. The number of likely N-dealkylation sites (tertiary alicyclic amines) is 1. The number of carbonyl (C=O) groups excluding carboxylic acids is 1. The first-order valence-corrected chi connectivity index (χ1v) is 12.1. The maximum atomic E-state index is 13.4. The number of carbonyl (C=O) groups is 1. The topological polar surface area (TPSA) is 81.8 Å². The molecule has 1 aliphatic carbocycles. The first-order valence-electron chi connectivity index (χ1n) is 12.1. The van der Waals surface area contributed by atoms with Gasteiger partial charge in [-0.15, -0.1) is 0 Å². The lowest BCUT2D eigenvalue weighted by atomic mass is 9.83. The van der Waals surface area contributed by atoms with Gasteiger partial charge < -0.3 is 18.6 Å². The van der Waals surface area contributed by atoms with E-state index in [-0.39, 0.29) is 28.9 Å². The molecule has 1 aromatic carbocycles. The van der Waals surface area contributed by atoms with Gasteiger partial charge in [-0.05, 0) is 69.2 Å². The molecule has 2 bridgehead atoms. The molecule has 1 fully saturated rings. The zero-order chi connectivity index (χ0) is 23.6. The Morgan fingerprint density at radius 3 is 2.76 bits per heavy atom. The van der Waals surface area contributed by atoms with E-state index in [1.165, 1.54) is 0 Å². The Balaban J connectivity index is 1.24. The van der Waals surface area contributed by atoms with Crippen molar-refractivity contribution in [2.45, 2.75) is 58.1 Å². The Bertz CT molecular complexity index is 1440. The van der Waals surface area contributed by atoms with E-state index >= 15 is 0 Å². The van der Waals surface area contributed by atoms with Crippen LogP contribution in [0.25, 0.3) is 11.0 Å². The van der Waals surface area contributed by atoms with Gasteiger partial charge in [-0.25, -0.2) is 4.79 Å². The standard InChI is InChI=1S/C27H28N2O5/c1-15-23(10-9-20-19-5-3-6-21(19)27(32)34-25(15)20)33-16(2)26(31)28-12-17-11-18(14-28)22-7-4-8-24(30)29(22)13-17/h4,7-10,16-18H,3,5-6,11-14H2,1-2H3/t16-,17-,18+/m0/s1. The molecule has 7 heteroatoms. The fraction of sp³-hybridized carbons (Fsp3) is 0.444. The average molecular weight is 461 g/mol. The van der Waals surface area contributed by atoms with Crippen molar-refractivity contribution in [2.75, 3.05) is 13.1 Å². The van der Waals surface area contributed by atoms with Gasteiger partial charge in [0.05, 0.1) is 0 Å². The highest BCUT2D eigenvalue weighted by molar-refractivity contribution is 5.87. The van der Waals surface area contributed by atoms with Crippen molar-refractivity contribution < 1.29 is 13.9 Å². The van der Waals surface area contributed by atoms with Crippen LogP contribution in [0.5, 0.6) is 5.75 Å². The summed E-state index contributed by atoms with van der Waals surface area (Å²) in [7, 11) is 0. The van der Waals surface area contributed by atoms with Crippen LogP contribution in [0.2, 0.25) is 0 Å². The number of hydrogen-bond donors (Lipinski definition) is 0. The molecule has 0 N–H and O–H groups in total. The lowest BCUT2D eigenvalue weighted by Crippen LogP contribution is -2.52. The van der Waals surface area contributed by atoms with Crippen LogP contribution in [-0.2, 0) is 24.2 Å². The van der Waals surface area contributed by atoms with Crippen molar-refractivity contribution in [2.24, 2.45) is 5.92 Å². The van der Waals surface area contributed by atoms with Crippen LogP contribution in [0.4, 0.5) is 0 Å². The second-order valence-electron chi connectivity index (χ2n) is 9.97. The molecule has 34 heavy (non-hydrogen) atoms. The van der Waals surface area contributed by atoms with Crippen LogP contribution in [0, 0.1) is 12.8 Å². The molecule has 6 rings (SSSR count). The predicted molar refractivity (Wildman–Crippen MR) is 127 cm³/mol. The monoisotopic (exact) mass is 460 g/mol. The molecule has 0 unspecified atom stereocenters. The van der Waals surface area contributed by atoms with E-state index in [4.69, 9.17) is 9.15 Å². The maximum absolute atomic E-state index is 13.4. The molecule has 2 aromatic heterocycles. The van der Waals surface area contributed by atoms with Gasteiger partial charge in [-0.3, -0.25) is 9.59 Å². The fourth-order valence-corrected chi connectivity index (χ4v) is 6.17. The quantitative estimate of drug-likeness (QED) is 0.561. The van der Waals surface area contributed by atoms with Crippen LogP contribution in [-0.4, -0.2) is 34.6 Å². The molecule has 4 heterocycles. The van der Waals surface area contributed by atoms with Crippen molar-refractivity contribution in [3.8, 4) is 5.75 Å². The summed E-state index contributed by atoms with van der Waals surface area (Å²) in [4.78, 5) is 39.9. The van der Waals surface area contributed by atoms with E-state index in [9.17, 15) is 14.4 Å². The molecular formula is C27H28N2O5. The number of benzene rings is 1. The summed E-state index contributed by atoms with van der Waals surface area (Å²) >= 11 is 0. The summed E-state index contributed by atoms with van der Waals surface area (Å²) in [6, 6.07) is 9.23. The van der Waals surface area contributed by atoms with Crippen molar-refractivity contribution in [1.82, 2.24) is 9.47 Å². The van der Waals surface area contributed by atoms with Crippen LogP contribution in [0.3, 0.4) is 0 Å². The Morgan fingerprint density at radius 1 is 1.09 bits per heavy atom. The third-order valence-corrected chi connectivity index (χ3v) is 7.78. The predicted octanol–water partition coefficient (Wildman–Crippen LogP) is 3.17. The van der Waals surface area contributed by atoms with E-state index in [0.29, 0.717) is 31.0 Å². The second kappa shape index (κ2) is 7.86. The van der Waals surface area contributed by atoms with Gasteiger partial charge in [0, 0.05) is 53.8 Å². The zero-order valence-corrected chi connectivity index (χ0v) is 19.5. The summed E-state index contributed by atoms with van der Waals surface area (Å²) in [5, 5.41) is 0.966. The highest BCUT2D eigenvalue weighted by atomic mass is 16.5. The largest absolute Gasteiger partial charge is 0.480 e. The summed E-state index contributed by atoms with van der Waals surface area (Å²) in [6.45, 7) is 5.51. The Labute approximate surface area is 196 Å². The van der Waals surface area contributed by atoms with Crippen LogP contribution < -0.4 is 15.9 Å². The fourth-order valence-electron chi connectivity index (χ4n) is 6.17. The van der Waals surface area contributed by atoms with Crippen LogP contribution >= 0.6 is 0 Å². The van der Waals surface area contributed by atoms with Gasteiger partial charge in [0.1, 0.15) is 11.3 Å². The van der Waals surface area contributed by atoms with Gasteiger partial charge >= 0.3 is 5.63 Å². The number of rotatable bonds is 3. The summed E-state index contributed by atoms with van der Waals surface area (Å²) in [6.07, 6.45) is 2.95. The Morgan fingerprint density at radius 2 is 1.91 bits per heavy atom. The highest BCUT2D eigenvalue weighted by Crippen LogP contribution is 2.36. The number of nitrogens with zero attached hydrogens (tertiary/aromatic N) is 2. The van der Waals surface area contributed by atoms with E-state index in [0.717, 1.165) is 53.5 Å². The number of piperidine rings is 1. The molecule has 3 aliphatic rings. The van der Waals surface area contributed by atoms with E-state index < -0.39 is 6.10 Å². The SMILES string of the molecule is Cc1c(O[C@@H](C)C(=O)N2C[C@@H]3C[C@H](C2)c2cccc(=O)n2C3)ccc2c3c(c(=O)oc12)CCC3. The van der Waals surface area contributed by atoms with Crippen molar-refractivity contribution >= 4 is 16.9 Å². The zero-order valence-electron chi connectivity index (χ0n) is 19.5. The van der Waals surface area contributed by atoms with Gasteiger partial charge in [0.15, 0.2) is 6.10 Å². The summed E-state index contributed by atoms with van der Waals surface area (Å²) < 4.78 is 13.7. The molecule has 7 nitrogen and oxygen atoms in total. The lowest BCUT2D eigenvalue weighted by molar-refractivity contribution is -0.140. The number of fused-ring (bicyclic) bond motifs is 7. The number of amides is 1. The molecule has 3 atom stereocenters. The van der Waals surface area contributed by atoms with Crippen LogP contribution in [0.1, 0.15) is 48.1 Å². The molecule has 1 amide bonds. The smallest absolute Gasteiger partial charge is 0.339 e. The van der Waals surface area contributed by atoms with Crippen molar-refractivity contribution in [1.29, 1.82) is 0 Å². The normalized spacial score (nSPS) is 21.8. The third-order valence-electron chi connectivity index (χ3n) is 7.78. The number of hydrogen-bond acceptors (Lipinski definition) is 5. The van der Waals surface area contributed by atoms with E-state index in [1.807, 2.05) is 34.6 Å². The molecule has 0 spiro atoms. The first-order chi connectivity index (χ1) is 16.4. The van der Waals surface area contributed by atoms with Crippen molar-refractivity contribution in [3.63, 3.8) is 0 Å². The number of pyridine rings is 1. The molecule has 0 radical (unpaired) electrons. The molecule has 0 saturated carbocycles. The van der Waals surface area contributed by atoms with Gasteiger partial charge in [0.25, 0.3) is 11.5 Å². The van der Waals surface area contributed by atoms with Crippen LogP contribution in [0.15, 0.2) is 44.3 Å². The highest BCUT2D eigenvalue weighted by Gasteiger charge is 2.37. The van der Waals surface area contributed by atoms with E-state index in [1.54, 1.807) is 19.1 Å². The third kappa shape index (κ3) is 3.29. The average Bonchev–Trinajstić information content (AvgIpc) is 3.32. The molecule has 1 saturated heterocycles. The number of ether oxygens (including phenoxy) is 1. The minimum atomic E-state index is -0.672. The van der Waals surface area contributed by atoms with Gasteiger partial charge in [-0.1, -0.05) is 6.07 Å². The molecular weight excluding hydrogens is 432 g/mol. The minimum absolute atomic E-state index is 0.0350. The minimum Gasteiger partial charge on any atom is -0.480 e. The van der Waals surface area contributed by atoms with Gasteiger partial charge in [-0.2, -0.15) is 0 Å². The van der Waals surface area contributed by atoms with Crippen molar-refractivity contribution in [3.05, 3.63) is 73.5 Å². The maximum Gasteiger partial charge on any atom is 0.339 e. The Kier molecular flexibility index (Phi) is 4.90. The number of aryl methyl sites for hydroxylation is 2. The molecule has 176 valence electrons. The molecule has 2 aliphatic heterocycles. The van der Waals surface area contributed by atoms with E-state index in [2.05, 4.69) is 0 Å².